The van der Waals surface area contributed by atoms with Gasteiger partial charge in [-0.15, -0.1) is 0 Å². The van der Waals surface area contributed by atoms with Crippen molar-refractivity contribution in [1.29, 1.82) is 0 Å². The lowest BCUT2D eigenvalue weighted by atomic mass is 9.81. The maximum Gasteiger partial charge on any atom is -0.00990 e. The Morgan fingerprint density at radius 1 is 0.139 bits per heavy atom. The summed E-state index contributed by atoms with van der Waals surface area (Å²) in [6.45, 7) is 0. The van der Waals surface area contributed by atoms with Crippen molar-refractivity contribution < 1.29 is 0 Å². The number of benzene rings is 6. The molecule has 0 radical (unpaired) electrons. The van der Waals surface area contributed by atoms with Crippen molar-refractivity contribution in [3.63, 3.8) is 0 Å². The average molecular weight is 457 g/mol. The van der Waals surface area contributed by atoms with E-state index in [1.54, 1.807) is 0 Å². The Morgan fingerprint density at radius 2 is 0.222 bits per heavy atom. The van der Waals surface area contributed by atoms with Gasteiger partial charge in [-0.3, -0.25) is 0 Å². The zero-order valence-corrected chi connectivity index (χ0v) is 19.9. The van der Waals surface area contributed by atoms with Crippen molar-refractivity contribution in [2.75, 3.05) is 0 Å². The van der Waals surface area contributed by atoms with Gasteiger partial charge >= 0.3 is 0 Å². The van der Waals surface area contributed by atoms with Crippen LogP contribution in [0.5, 0.6) is 0 Å². The Morgan fingerprint density at radius 3 is 0.306 bits per heavy atom. The molecule has 0 nitrogen and oxygen atoms in total. The van der Waals surface area contributed by atoms with Gasteiger partial charge in [0.15, 0.2) is 0 Å². The van der Waals surface area contributed by atoms with Crippen LogP contribution in [-0.2, 0) is 0 Å². The SMILES string of the molecule is c1ccc2c(c1)-c1ccccc1-2.c1ccc2c(c1)-c1ccccc1-2.c1ccc2c(c1)-c1ccccc1-2. The monoisotopic (exact) mass is 456 g/mol. The molecule has 0 saturated carbocycles. The largest absolute Gasteiger partial charge is 0.0616 e. The second-order valence-corrected chi connectivity index (χ2v) is 9.27. The highest BCUT2D eigenvalue weighted by Gasteiger charge is 2.21. The fourth-order valence-electron chi connectivity index (χ4n) is 5.53. The lowest BCUT2D eigenvalue weighted by molar-refractivity contribution is 1.52. The summed E-state index contributed by atoms with van der Waals surface area (Å²) in [6, 6.07) is 51.2. The van der Waals surface area contributed by atoms with Gasteiger partial charge in [-0.05, 0) is 66.8 Å². The molecule has 0 saturated heterocycles. The van der Waals surface area contributed by atoms with Crippen molar-refractivity contribution in [2.45, 2.75) is 0 Å². The summed E-state index contributed by atoms with van der Waals surface area (Å²) in [5, 5.41) is 0. The second kappa shape index (κ2) is 8.52. The van der Waals surface area contributed by atoms with Crippen LogP contribution in [0, 0.1) is 0 Å². The molecule has 9 rings (SSSR count). The van der Waals surface area contributed by atoms with Gasteiger partial charge in [0.05, 0.1) is 0 Å². The molecule has 0 heterocycles. The maximum atomic E-state index is 2.18. The minimum atomic E-state index is 1.40. The van der Waals surface area contributed by atoms with E-state index in [9.17, 15) is 0 Å². The van der Waals surface area contributed by atoms with Crippen LogP contribution < -0.4 is 0 Å². The standard InChI is InChI=1S/3C12H8/c3*1-2-6-10-9(5-1)11-7-3-4-8-12(10)11/h3*1-8H. The predicted octanol–water partition coefficient (Wildman–Crippen LogP) is 10.0. The Bertz CT molecular complexity index is 1230. The van der Waals surface area contributed by atoms with Gasteiger partial charge in [-0.1, -0.05) is 146 Å². The smallest absolute Gasteiger partial charge is 0.00990 e. The van der Waals surface area contributed by atoms with E-state index in [1.807, 2.05) is 0 Å². The molecule has 168 valence electrons. The fraction of sp³-hybridized carbons (Fsp3) is 0. The number of fused-ring (bicyclic) bond motifs is 12. The Balaban J connectivity index is 0.0000000919. The first-order chi connectivity index (χ1) is 17.9. The molecule has 0 atom stereocenters. The number of hydrogen-bond acceptors (Lipinski definition) is 0. The van der Waals surface area contributed by atoms with Gasteiger partial charge in [-0.25, -0.2) is 0 Å². The summed E-state index contributed by atoms with van der Waals surface area (Å²) in [7, 11) is 0. The van der Waals surface area contributed by atoms with Crippen LogP contribution in [0.3, 0.4) is 0 Å². The molecule has 3 aliphatic rings. The number of hydrogen-bond donors (Lipinski definition) is 0. The van der Waals surface area contributed by atoms with Crippen LogP contribution >= 0.6 is 0 Å². The van der Waals surface area contributed by atoms with E-state index in [-0.39, 0.29) is 0 Å². The first kappa shape index (κ1) is 20.7. The van der Waals surface area contributed by atoms with E-state index in [0.29, 0.717) is 0 Å². The molecule has 0 unspecified atom stereocenters. The Labute approximate surface area is 212 Å². The molecular formula is C36H24. The van der Waals surface area contributed by atoms with Crippen LogP contribution in [0.1, 0.15) is 0 Å². The maximum absolute atomic E-state index is 2.18. The zero-order chi connectivity index (χ0) is 23.9. The molecule has 0 aromatic heterocycles. The normalized spacial score (nSPS) is 11.3. The van der Waals surface area contributed by atoms with Gasteiger partial charge in [0, 0.05) is 0 Å². The van der Waals surface area contributed by atoms with E-state index < -0.39 is 0 Å². The van der Waals surface area contributed by atoms with E-state index >= 15 is 0 Å². The first-order valence-electron chi connectivity index (χ1n) is 12.5. The minimum Gasteiger partial charge on any atom is -0.0616 e. The van der Waals surface area contributed by atoms with Crippen molar-refractivity contribution in [3.8, 4) is 66.8 Å². The topological polar surface area (TPSA) is 0 Å². The summed E-state index contributed by atoms with van der Waals surface area (Å²) in [5.41, 5.74) is 16.8. The third-order valence-electron chi connectivity index (χ3n) is 7.30. The van der Waals surface area contributed by atoms with Crippen molar-refractivity contribution in [3.05, 3.63) is 146 Å². The lowest BCUT2D eigenvalue weighted by Gasteiger charge is -2.22. The van der Waals surface area contributed by atoms with Crippen LogP contribution in [0.25, 0.3) is 66.8 Å². The summed E-state index contributed by atoms with van der Waals surface area (Å²) >= 11 is 0. The predicted molar refractivity (Wildman–Crippen MR) is 153 cm³/mol. The molecule has 6 aromatic rings. The van der Waals surface area contributed by atoms with Crippen LogP contribution in [0.4, 0.5) is 0 Å². The quantitative estimate of drug-likeness (QED) is 0.213. The van der Waals surface area contributed by atoms with Crippen molar-refractivity contribution in [1.82, 2.24) is 0 Å². The van der Waals surface area contributed by atoms with Gasteiger partial charge in [-0.2, -0.15) is 0 Å². The summed E-state index contributed by atoms with van der Waals surface area (Å²) in [5.74, 6) is 0. The van der Waals surface area contributed by atoms with E-state index in [2.05, 4.69) is 146 Å². The van der Waals surface area contributed by atoms with Gasteiger partial charge in [0.1, 0.15) is 0 Å². The van der Waals surface area contributed by atoms with Gasteiger partial charge in [0.2, 0.25) is 0 Å². The zero-order valence-electron chi connectivity index (χ0n) is 19.9. The third kappa shape index (κ3) is 3.23. The average Bonchev–Trinajstić information content (AvgIpc) is 2.94. The van der Waals surface area contributed by atoms with E-state index in [0.717, 1.165) is 0 Å². The summed E-state index contributed by atoms with van der Waals surface area (Å²) in [4.78, 5) is 0. The highest BCUT2D eigenvalue weighted by molar-refractivity contribution is 6.03. The van der Waals surface area contributed by atoms with Crippen molar-refractivity contribution >= 4 is 0 Å². The fourth-order valence-corrected chi connectivity index (χ4v) is 5.53. The molecule has 0 fully saturated rings. The highest BCUT2D eigenvalue weighted by atomic mass is 14.2. The molecule has 0 spiro atoms. The molecule has 0 N–H and O–H groups in total. The molecule has 0 aliphatic heterocycles. The molecule has 0 heteroatoms. The Hall–Kier alpha value is -4.68. The van der Waals surface area contributed by atoms with Crippen LogP contribution in [0.15, 0.2) is 146 Å². The minimum absolute atomic E-state index is 1.40. The molecule has 36 heavy (non-hydrogen) atoms. The van der Waals surface area contributed by atoms with Crippen LogP contribution in [0.2, 0.25) is 0 Å². The van der Waals surface area contributed by atoms with Crippen molar-refractivity contribution in [2.24, 2.45) is 0 Å². The lowest BCUT2D eigenvalue weighted by Crippen LogP contribution is -1.96. The molecule has 3 aliphatic carbocycles. The first-order valence-corrected chi connectivity index (χ1v) is 12.5. The van der Waals surface area contributed by atoms with Crippen LogP contribution in [-0.4, -0.2) is 0 Å². The van der Waals surface area contributed by atoms with Gasteiger partial charge in [0.25, 0.3) is 0 Å². The highest BCUT2D eigenvalue weighted by Crippen LogP contribution is 2.47. The van der Waals surface area contributed by atoms with E-state index in [4.69, 9.17) is 0 Å². The second-order valence-electron chi connectivity index (χ2n) is 9.27. The number of rotatable bonds is 0. The molecule has 6 aromatic carbocycles. The Kier molecular flexibility index (Phi) is 4.89. The molecule has 0 bridgehead atoms. The third-order valence-corrected chi connectivity index (χ3v) is 7.30. The van der Waals surface area contributed by atoms with E-state index in [1.165, 1.54) is 66.8 Å². The van der Waals surface area contributed by atoms with Gasteiger partial charge < -0.3 is 0 Å². The summed E-state index contributed by atoms with van der Waals surface area (Å²) < 4.78 is 0. The molecular weight excluding hydrogens is 432 g/mol. The summed E-state index contributed by atoms with van der Waals surface area (Å²) in [6.07, 6.45) is 0. The molecule has 0 amide bonds.